The average molecular weight is 339 g/mol. The Labute approximate surface area is 134 Å². The van der Waals surface area contributed by atoms with Crippen LogP contribution in [-0.4, -0.2) is 31.9 Å². The number of halogens is 3. The molecular formula is C14H18Cl3NO2. The molecule has 3 atom stereocenters. The molecule has 20 heavy (non-hydrogen) atoms. The van der Waals surface area contributed by atoms with Crippen molar-refractivity contribution >= 4 is 34.8 Å². The summed E-state index contributed by atoms with van der Waals surface area (Å²) >= 11 is 18.0. The van der Waals surface area contributed by atoms with Gasteiger partial charge in [-0.2, -0.15) is 0 Å². The SMILES string of the molecule is CCCNC1CC(Oc2cc(Cl)c(Cl)cc2Cl)C1OC. The molecule has 0 heterocycles. The molecule has 2 rings (SSSR count). The molecule has 0 radical (unpaired) electrons. The molecule has 0 spiro atoms. The lowest BCUT2D eigenvalue weighted by Crippen LogP contribution is -2.61. The van der Waals surface area contributed by atoms with Crippen LogP contribution in [0, 0.1) is 0 Å². The van der Waals surface area contributed by atoms with E-state index in [9.17, 15) is 0 Å². The minimum atomic E-state index is -0.0240. The van der Waals surface area contributed by atoms with Crippen LogP contribution in [0.2, 0.25) is 15.1 Å². The Morgan fingerprint density at radius 2 is 1.90 bits per heavy atom. The third-order valence-electron chi connectivity index (χ3n) is 3.43. The molecule has 0 aromatic heterocycles. The van der Waals surface area contributed by atoms with Crippen LogP contribution in [0.25, 0.3) is 0 Å². The maximum atomic E-state index is 6.11. The highest BCUT2D eigenvalue weighted by Gasteiger charge is 2.43. The lowest BCUT2D eigenvalue weighted by atomic mass is 9.85. The first-order valence-corrected chi connectivity index (χ1v) is 7.77. The lowest BCUT2D eigenvalue weighted by molar-refractivity contribution is -0.0886. The molecule has 0 amide bonds. The molecular weight excluding hydrogens is 321 g/mol. The molecule has 1 aromatic rings. The second-order valence-electron chi connectivity index (χ2n) is 4.85. The van der Waals surface area contributed by atoms with Crippen LogP contribution >= 0.6 is 34.8 Å². The minimum absolute atomic E-state index is 0.0204. The molecule has 112 valence electrons. The first-order valence-electron chi connectivity index (χ1n) is 6.64. The van der Waals surface area contributed by atoms with Gasteiger partial charge < -0.3 is 14.8 Å². The molecule has 1 aliphatic rings. The number of benzene rings is 1. The van der Waals surface area contributed by atoms with E-state index in [1.54, 1.807) is 19.2 Å². The third kappa shape index (κ3) is 3.52. The van der Waals surface area contributed by atoms with Crippen molar-refractivity contribution in [3.8, 4) is 5.75 Å². The van der Waals surface area contributed by atoms with Crippen molar-refractivity contribution in [3.05, 3.63) is 27.2 Å². The summed E-state index contributed by atoms with van der Waals surface area (Å²) in [7, 11) is 1.69. The number of methoxy groups -OCH3 is 1. The summed E-state index contributed by atoms with van der Waals surface area (Å²) in [4.78, 5) is 0. The number of ether oxygens (including phenoxy) is 2. The summed E-state index contributed by atoms with van der Waals surface area (Å²) in [5.74, 6) is 0.544. The summed E-state index contributed by atoms with van der Waals surface area (Å²) in [6.07, 6.45) is 1.97. The molecule has 1 aromatic carbocycles. The lowest BCUT2D eigenvalue weighted by Gasteiger charge is -2.43. The van der Waals surface area contributed by atoms with Gasteiger partial charge in [-0.05, 0) is 19.0 Å². The second kappa shape index (κ2) is 7.19. The quantitative estimate of drug-likeness (QED) is 0.789. The molecule has 3 unspecified atom stereocenters. The highest BCUT2D eigenvalue weighted by atomic mass is 35.5. The molecule has 3 nitrogen and oxygen atoms in total. The van der Waals surface area contributed by atoms with E-state index in [-0.39, 0.29) is 12.2 Å². The number of rotatable bonds is 6. The van der Waals surface area contributed by atoms with Gasteiger partial charge in [0.15, 0.2) is 0 Å². The van der Waals surface area contributed by atoms with Gasteiger partial charge in [-0.1, -0.05) is 41.7 Å². The zero-order valence-electron chi connectivity index (χ0n) is 11.5. The van der Waals surface area contributed by atoms with Crippen molar-refractivity contribution < 1.29 is 9.47 Å². The molecule has 1 fully saturated rings. The van der Waals surface area contributed by atoms with Gasteiger partial charge >= 0.3 is 0 Å². The maximum Gasteiger partial charge on any atom is 0.140 e. The van der Waals surface area contributed by atoms with Gasteiger partial charge in [0.2, 0.25) is 0 Å². The summed E-state index contributed by atoms with van der Waals surface area (Å²) in [5, 5.41) is 4.74. The molecule has 1 N–H and O–H groups in total. The highest BCUT2D eigenvalue weighted by Crippen LogP contribution is 2.37. The van der Waals surface area contributed by atoms with Crippen LogP contribution in [0.15, 0.2) is 12.1 Å². The molecule has 6 heteroatoms. The van der Waals surface area contributed by atoms with Crippen LogP contribution < -0.4 is 10.1 Å². The Bertz CT molecular complexity index is 470. The van der Waals surface area contributed by atoms with E-state index < -0.39 is 0 Å². The number of hydrogen-bond acceptors (Lipinski definition) is 3. The Hall–Kier alpha value is -0.190. The Morgan fingerprint density at radius 3 is 2.55 bits per heavy atom. The van der Waals surface area contributed by atoms with Gasteiger partial charge in [0, 0.05) is 25.6 Å². The predicted octanol–water partition coefficient (Wildman–Crippen LogP) is 4.18. The molecule has 0 bridgehead atoms. The minimum Gasteiger partial charge on any atom is -0.486 e. The van der Waals surface area contributed by atoms with E-state index in [0.717, 1.165) is 19.4 Å². The van der Waals surface area contributed by atoms with Crippen molar-refractivity contribution in [2.45, 2.75) is 38.0 Å². The van der Waals surface area contributed by atoms with Gasteiger partial charge in [0.25, 0.3) is 0 Å². The van der Waals surface area contributed by atoms with E-state index in [1.807, 2.05) is 0 Å². The van der Waals surface area contributed by atoms with E-state index in [0.29, 0.717) is 26.9 Å². The van der Waals surface area contributed by atoms with Crippen LogP contribution in [0.1, 0.15) is 19.8 Å². The first kappa shape index (κ1) is 16.2. The maximum absolute atomic E-state index is 6.11. The summed E-state index contributed by atoms with van der Waals surface area (Å²) in [5.41, 5.74) is 0. The van der Waals surface area contributed by atoms with E-state index >= 15 is 0 Å². The zero-order chi connectivity index (χ0) is 14.7. The zero-order valence-corrected chi connectivity index (χ0v) is 13.7. The van der Waals surface area contributed by atoms with Crippen LogP contribution in [0.4, 0.5) is 0 Å². The summed E-state index contributed by atoms with van der Waals surface area (Å²) in [6, 6.07) is 3.56. The Balaban J connectivity index is 1.99. The second-order valence-corrected chi connectivity index (χ2v) is 6.07. The van der Waals surface area contributed by atoms with Crippen LogP contribution in [-0.2, 0) is 4.74 Å². The fourth-order valence-electron chi connectivity index (χ4n) is 2.30. The number of nitrogens with one attached hydrogen (secondary N) is 1. The molecule has 1 aliphatic carbocycles. The van der Waals surface area contributed by atoms with Crippen molar-refractivity contribution in [3.63, 3.8) is 0 Å². The average Bonchev–Trinajstić information content (AvgIpc) is 2.39. The normalized spacial score (nSPS) is 25.4. The number of hydrogen-bond donors (Lipinski definition) is 1. The fraction of sp³-hybridized carbons (Fsp3) is 0.571. The van der Waals surface area contributed by atoms with Crippen molar-refractivity contribution in [2.24, 2.45) is 0 Å². The monoisotopic (exact) mass is 337 g/mol. The summed E-state index contributed by atoms with van der Waals surface area (Å²) in [6.45, 7) is 3.11. The largest absolute Gasteiger partial charge is 0.486 e. The van der Waals surface area contributed by atoms with Crippen LogP contribution in [0.3, 0.4) is 0 Å². The molecule has 0 aliphatic heterocycles. The van der Waals surface area contributed by atoms with Crippen molar-refractivity contribution in [2.75, 3.05) is 13.7 Å². The predicted molar refractivity (Wildman–Crippen MR) is 83.4 cm³/mol. The van der Waals surface area contributed by atoms with Gasteiger partial charge in [-0.15, -0.1) is 0 Å². The standard InChI is InChI=1S/C14H18Cl3NO2/c1-3-4-18-11-7-13(14(11)19-2)20-12-6-9(16)8(15)5-10(12)17/h5-6,11,13-14,18H,3-4,7H2,1-2H3. The highest BCUT2D eigenvalue weighted by molar-refractivity contribution is 6.43. The Morgan fingerprint density at radius 1 is 1.20 bits per heavy atom. The molecule has 1 saturated carbocycles. The van der Waals surface area contributed by atoms with Crippen molar-refractivity contribution in [1.29, 1.82) is 0 Å². The third-order valence-corrected chi connectivity index (χ3v) is 4.45. The van der Waals surface area contributed by atoms with Gasteiger partial charge in [0.05, 0.1) is 15.1 Å². The van der Waals surface area contributed by atoms with Gasteiger partial charge in [-0.3, -0.25) is 0 Å². The summed E-state index contributed by atoms with van der Waals surface area (Å²) < 4.78 is 11.4. The van der Waals surface area contributed by atoms with Gasteiger partial charge in [-0.25, -0.2) is 0 Å². The molecule has 0 saturated heterocycles. The van der Waals surface area contributed by atoms with Gasteiger partial charge in [0.1, 0.15) is 18.0 Å². The van der Waals surface area contributed by atoms with E-state index in [4.69, 9.17) is 44.3 Å². The van der Waals surface area contributed by atoms with Crippen molar-refractivity contribution in [1.82, 2.24) is 5.32 Å². The fourth-order valence-corrected chi connectivity index (χ4v) is 2.88. The van der Waals surface area contributed by atoms with Crippen LogP contribution in [0.5, 0.6) is 5.75 Å². The smallest absolute Gasteiger partial charge is 0.140 e. The van der Waals surface area contributed by atoms with E-state index in [2.05, 4.69) is 12.2 Å². The topological polar surface area (TPSA) is 30.5 Å². The van der Waals surface area contributed by atoms with E-state index in [1.165, 1.54) is 0 Å². The first-order chi connectivity index (χ1) is 9.56. The Kier molecular flexibility index (Phi) is 5.82.